The second-order valence-electron chi connectivity index (χ2n) is 6.36. The minimum Gasteiger partial charge on any atom is -0.477 e. The molecule has 1 fully saturated rings. The van der Waals surface area contributed by atoms with Gasteiger partial charge in [0.2, 0.25) is 10.0 Å². The van der Waals surface area contributed by atoms with Crippen molar-refractivity contribution in [3.63, 3.8) is 0 Å². The maximum Gasteiger partial charge on any atom is 0.312 e. The second-order valence-corrected chi connectivity index (χ2v) is 9.15. The Morgan fingerprint density at radius 3 is 2.58 bits per heavy atom. The Morgan fingerprint density at radius 2 is 1.90 bits per heavy atom. The third kappa shape index (κ3) is 5.63. The molecule has 1 N–H and O–H groups in total. The van der Waals surface area contributed by atoms with Gasteiger partial charge in [0.1, 0.15) is 0 Å². The molecule has 2 aromatic carbocycles. The highest BCUT2D eigenvalue weighted by atomic mass is 35.5. The summed E-state index contributed by atoms with van der Waals surface area (Å²) in [6.07, 6.45) is 0. The molecule has 2 aromatic rings. The van der Waals surface area contributed by atoms with Crippen LogP contribution in [0, 0.1) is 10.1 Å². The van der Waals surface area contributed by atoms with Crippen LogP contribution in [0.15, 0.2) is 41.3 Å². The molecule has 0 bridgehead atoms. The zero-order valence-electron chi connectivity index (χ0n) is 15.9. The quantitative estimate of drug-likeness (QED) is 0.467. The van der Waals surface area contributed by atoms with Crippen molar-refractivity contribution in [1.82, 2.24) is 4.31 Å². The summed E-state index contributed by atoms with van der Waals surface area (Å²) in [5.41, 5.74) is -0.327. The van der Waals surface area contributed by atoms with Crippen LogP contribution >= 0.6 is 23.2 Å². The van der Waals surface area contributed by atoms with Crippen molar-refractivity contribution in [2.24, 2.45) is 0 Å². The van der Waals surface area contributed by atoms with E-state index in [0.717, 1.165) is 12.1 Å². The van der Waals surface area contributed by atoms with E-state index in [0.29, 0.717) is 5.02 Å². The van der Waals surface area contributed by atoms with Gasteiger partial charge in [-0.15, -0.1) is 0 Å². The lowest BCUT2D eigenvalue weighted by Gasteiger charge is -2.26. The molecule has 0 unspecified atom stereocenters. The molecule has 0 radical (unpaired) electrons. The number of hydrogen-bond donors (Lipinski definition) is 1. The van der Waals surface area contributed by atoms with Crippen molar-refractivity contribution in [2.75, 3.05) is 38.2 Å². The third-order valence-electron chi connectivity index (χ3n) is 4.30. The second kappa shape index (κ2) is 9.79. The van der Waals surface area contributed by atoms with Gasteiger partial charge in [-0.05, 0) is 30.3 Å². The highest BCUT2D eigenvalue weighted by molar-refractivity contribution is 7.89. The lowest BCUT2D eigenvalue weighted by molar-refractivity contribution is -0.386. The molecule has 1 saturated heterocycles. The molecule has 1 amide bonds. The van der Waals surface area contributed by atoms with Crippen LogP contribution in [0.25, 0.3) is 0 Å². The van der Waals surface area contributed by atoms with Gasteiger partial charge in [0.15, 0.2) is 12.4 Å². The fourth-order valence-corrected chi connectivity index (χ4v) is 4.55. The zero-order valence-corrected chi connectivity index (χ0v) is 18.2. The molecule has 31 heavy (non-hydrogen) atoms. The largest absolute Gasteiger partial charge is 0.477 e. The summed E-state index contributed by atoms with van der Waals surface area (Å²) < 4.78 is 37.0. The smallest absolute Gasteiger partial charge is 0.312 e. The lowest BCUT2D eigenvalue weighted by Crippen LogP contribution is -2.40. The van der Waals surface area contributed by atoms with Crippen LogP contribution in [-0.4, -0.2) is 56.5 Å². The van der Waals surface area contributed by atoms with E-state index >= 15 is 0 Å². The zero-order chi connectivity index (χ0) is 22.6. The van der Waals surface area contributed by atoms with E-state index < -0.39 is 33.1 Å². The van der Waals surface area contributed by atoms with E-state index in [4.69, 9.17) is 32.7 Å². The number of benzene rings is 2. The maximum atomic E-state index is 12.7. The first-order valence-electron chi connectivity index (χ1n) is 8.92. The van der Waals surface area contributed by atoms with E-state index in [-0.39, 0.29) is 47.7 Å². The molecule has 0 spiro atoms. The van der Waals surface area contributed by atoms with Crippen molar-refractivity contribution in [1.29, 1.82) is 0 Å². The van der Waals surface area contributed by atoms with Gasteiger partial charge in [0, 0.05) is 24.2 Å². The number of ether oxygens (including phenoxy) is 2. The summed E-state index contributed by atoms with van der Waals surface area (Å²) in [5.74, 6) is -0.887. The summed E-state index contributed by atoms with van der Waals surface area (Å²) in [7, 11) is -3.93. The molecule has 13 heteroatoms. The van der Waals surface area contributed by atoms with Gasteiger partial charge in [-0.1, -0.05) is 23.2 Å². The van der Waals surface area contributed by atoms with Gasteiger partial charge in [0.05, 0.1) is 33.7 Å². The number of morpholine rings is 1. The van der Waals surface area contributed by atoms with Crippen LogP contribution in [0.3, 0.4) is 0 Å². The van der Waals surface area contributed by atoms with Crippen LogP contribution in [-0.2, 0) is 19.6 Å². The van der Waals surface area contributed by atoms with Gasteiger partial charge in [-0.2, -0.15) is 4.31 Å². The number of amides is 1. The number of nitro groups is 1. The fraction of sp³-hybridized carbons (Fsp3) is 0.278. The van der Waals surface area contributed by atoms with Crippen LogP contribution in [0.5, 0.6) is 5.75 Å². The summed E-state index contributed by atoms with van der Waals surface area (Å²) in [6.45, 7) is 0.225. The first-order valence-corrected chi connectivity index (χ1v) is 11.1. The molecule has 10 nitrogen and oxygen atoms in total. The van der Waals surface area contributed by atoms with Gasteiger partial charge < -0.3 is 14.8 Å². The Hall–Kier alpha value is -2.44. The Morgan fingerprint density at radius 1 is 1.19 bits per heavy atom. The molecule has 166 valence electrons. The fourth-order valence-electron chi connectivity index (χ4n) is 2.78. The third-order valence-corrected chi connectivity index (χ3v) is 6.76. The van der Waals surface area contributed by atoms with Crippen LogP contribution < -0.4 is 10.1 Å². The Balaban J connectivity index is 1.75. The van der Waals surface area contributed by atoms with Crippen molar-refractivity contribution in [3.05, 3.63) is 56.6 Å². The minimum absolute atomic E-state index is 0.153. The molecular formula is C18H17Cl2N3O7S. The van der Waals surface area contributed by atoms with Crippen molar-refractivity contribution >= 4 is 50.5 Å². The van der Waals surface area contributed by atoms with E-state index in [1.165, 1.54) is 22.5 Å². The first kappa shape index (κ1) is 23.2. The highest BCUT2D eigenvalue weighted by Crippen LogP contribution is 2.31. The van der Waals surface area contributed by atoms with E-state index in [1.54, 1.807) is 6.07 Å². The number of hydrogen-bond acceptors (Lipinski definition) is 7. The predicted octanol–water partition coefficient (Wildman–Crippen LogP) is 2.94. The molecule has 0 saturated carbocycles. The van der Waals surface area contributed by atoms with E-state index in [2.05, 4.69) is 5.32 Å². The summed E-state index contributed by atoms with van der Waals surface area (Å²) in [5, 5.41) is 14.5. The number of sulfonamides is 1. The summed E-state index contributed by atoms with van der Waals surface area (Å²) >= 11 is 11.8. The number of halogens is 2. The number of carbonyl (C=O) groups excluding carboxylic acids is 1. The van der Waals surface area contributed by atoms with Crippen LogP contribution in [0.1, 0.15) is 0 Å². The van der Waals surface area contributed by atoms with E-state index in [1.807, 2.05) is 0 Å². The number of nitro benzene ring substituents is 1. The molecule has 1 heterocycles. The Kier molecular flexibility index (Phi) is 7.34. The number of anilines is 1. The molecule has 1 aliphatic rings. The SMILES string of the molecule is O=C(COc1ccc(S(=O)(=O)N2CCOCC2)cc1[N+](=O)[O-])Nc1cc(Cl)ccc1Cl. The van der Waals surface area contributed by atoms with Crippen molar-refractivity contribution in [3.8, 4) is 5.75 Å². The molecule has 0 aromatic heterocycles. The Labute approximate surface area is 187 Å². The molecule has 1 aliphatic heterocycles. The highest BCUT2D eigenvalue weighted by Gasteiger charge is 2.29. The average Bonchev–Trinajstić information content (AvgIpc) is 2.75. The standard InChI is InChI=1S/C18H17Cl2N3O7S/c19-12-1-3-14(20)15(9-12)21-18(24)11-30-17-4-2-13(10-16(17)23(25)26)31(27,28)22-5-7-29-8-6-22/h1-4,9-10H,5-8,11H2,(H,21,24). The average molecular weight is 490 g/mol. The number of nitrogens with one attached hydrogen (secondary N) is 1. The normalized spacial score (nSPS) is 14.8. The maximum absolute atomic E-state index is 12.7. The van der Waals surface area contributed by atoms with Crippen LogP contribution in [0.2, 0.25) is 10.0 Å². The van der Waals surface area contributed by atoms with Gasteiger partial charge >= 0.3 is 5.69 Å². The molecule has 0 atom stereocenters. The predicted molar refractivity (Wildman–Crippen MR) is 113 cm³/mol. The molecule has 3 rings (SSSR count). The molecular weight excluding hydrogens is 473 g/mol. The number of rotatable bonds is 7. The minimum atomic E-state index is -3.93. The Bertz CT molecular complexity index is 1110. The van der Waals surface area contributed by atoms with Crippen molar-refractivity contribution in [2.45, 2.75) is 4.90 Å². The van der Waals surface area contributed by atoms with Crippen molar-refractivity contribution < 1.29 is 27.6 Å². The summed E-state index contributed by atoms with van der Waals surface area (Å²) in [4.78, 5) is 22.6. The topological polar surface area (TPSA) is 128 Å². The van der Waals surface area contributed by atoms with Crippen LogP contribution in [0.4, 0.5) is 11.4 Å². The summed E-state index contributed by atoms with van der Waals surface area (Å²) in [6, 6.07) is 7.73. The number of nitrogens with zero attached hydrogens (tertiary/aromatic N) is 2. The van der Waals surface area contributed by atoms with E-state index in [9.17, 15) is 23.3 Å². The van der Waals surface area contributed by atoms with Gasteiger partial charge in [-0.3, -0.25) is 14.9 Å². The van der Waals surface area contributed by atoms with Gasteiger partial charge in [-0.25, -0.2) is 8.42 Å². The molecule has 0 aliphatic carbocycles. The monoisotopic (exact) mass is 489 g/mol. The lowest BCUT2D eigenvalue weighted by atomic mass is 10.3. The first-order chi connectivity index (χ1) is 14.7. The van der Waals surface area contributed by atoms with Gasteiger partial charge in [0.25, 0.3) is 5.91 Å². The number of carbonyl (C=O) groups is 1.